The standard InChI is InChI=1S/C14H16BrFN2O/c1-3-6-17-9(2)14-18-8-13(19-14)11-5-4-10(15)7-12(11)16/h4-5,7-9,17H,3,6H2,1-2H3. The number of nitrogens with one attached hydrogen (secondary N) is 1. The van der Waals surface area contributed by atoms with Crippen LogP contribution in [-0.2, 0) is 0 Å². The average Bonchev–Trinajstić information content (AvgIpc) is 2.85. The summed E-state index contributed by atoms with van der Waals surface area (Å²) < 4.78 is 20.1. The Bertz CT molecular complexity index is 556. The molecule has 1 aromatic heterocycles. The molecule has 1 heterocycles. The van der Waals surface area contributed by atoms with Crippen molar-refractivity contribution in [1.29, 1.82) is 0 Å². The normalized spacial score (nSPS) is 12.6. The van der Waals surface area contributed by atoms with Crippen LogP contribution in [-0.4, -0.2) is 11.5 Å². The van der Waals surface area contributed by atoms with E-state index in [-0.39, 0.29) is 11.9 Å². The average molecular weight is 327 g/mol. The first-order valence-corrected chi connectivity index (χ1v) is 7.05. The molecular weight excluding hydrogens is 311 g/mol. The Labute approximate surface area is 120 Å². The van der Waals surface area contributed by atoms with Crippen LogP contribution in [0.3, 0.4) is 0 Å². The lowest BCUT2D eigenvalue weighted by atomic mass is 10.2. The fourth-order valence-corrected chi connectivity index (χ4v) is 2.08. The minimum absolute atomic E-state index is 0.0206. The zero-order valence-corrected chi connectivity index (χ0v) is 12.5. The number of halogens is 2. The van der Waals surface area contributed by atoms with E-state index in [9.17, 15) is 4.39 Å². The van der Waals surface area contributed by atoms with E-state index in [4.69, 9.17) is 4.42 Å². The van der Waals surface area contributed by atoms with Gasteiger partial charge in [0.1, 0.15) is 5.82 Å². The number of hydrogen-bond acceptors (Lipinski definition) is 3. The maximum absolute atomic E-state index is 13.8. The second-order valence-corrected chi connectivity index (χ2v) is 5.28. The zero-order valence-electron chi connectivity index (χ0n) is 10.9. The van der Waals surface area contributed by atoms with Gasteiger partial charge in [0.2, 0.25) is 5.89 Å². The molecule has 2 rings (SSSR count). The molecule has 3 nitrogen and oxygen atoms in total. The number of aromatic nitrogens is 1. The summed E-state index contributed by atoms with van der Waals surface area (Å²) in [6.45, 7) is 4.96. The van der Waals surface area contributed by atoms with E-state index < -0.39 is 0 Å². The molecule has 0 aliphatic carbocycles. The van der Waals surface area contributed by atoms with Crippen LogP contribution in [0.25, 0.3) is 11.3 Å². The van der Waals surface area contributed by atoms with Crippen LogP contribution in [0.5, 0.6) is 0 Å². The molecule has 0 spiro atoms. The minimum atomic E-state index is -0.328. The molecule has 0 amide bonds. The topological polar surface area (TPSA) is 38.1 Å². The minimum Gasteiger partial charge on any atom is -0.439 e. The molecule has 5 heteroatoms. The van der Waals surface area contributed by atoms with Crippen molar-refractivity contribution in [3.8, 4) is 11.3 Å². The number of oxazole rings is 1. The van der Waals surface area contributed by atoms with Gasteiger partial charge in [-0.3, -0.25) is 0 Å². The van der Waals surface area contributed by atoms with Crippen molar-refractivity contribution < 1.29 is 8.81 Å². The summed E-state index contributed by atoms with van der Waals surface area (Å²) in [4.78, 5) is 4.20. The molecule has 0 radical (unpaired) electrons. The van der Waals surface area contributed by atoms with E-state index in [1.165, 1.54) is 6.07 Å². The molecule has 0 aliphatic rings. The second kappa shape index (κ2) is 6.30. The lowest BCUT2D eigenvalue weighted by Gasteiger charge is -2.08. The van der Waals surface area contributed by atoms with E-state index >= 15 is 0 Å². The van der Waals surface area contributed by atoms with Crippen LogP contribution in [0.1, 0.15) is 32.2 Å². The second-order valence-electron chi connectivity index (χ2n) is 4.36. The predicted octanol–water partition coefficient (Wildman–Crippen LogP) is 4.30. The molecule has 2 aromatic rings. The number of rotatable bonds is 5. The van der Waals surface area contributed by atoms with Gasteiger partial charge in [0.25, 0.3) is 0 Å². The molecule has 0 bridgehead atoms. The fraction of sp³-hybridized carbons (Fsp3) is 0.357. The maximum atomic E-state index is 13.8. The smallest absolute Gasteiger partial charge is 0.211 e. The van der Waals surface area contributed by atoms with E-state index in [2.05, 4.69) is 33.2 Å². The maximum Gasteiger partial charge on any atom is 0.211 e. The van der Waals surface area contributed by atoms with Crippen molar-refractivity contribution in [2.45, 2.75) is 26.3 Å². The van der Waals surface area contributed by atoms with Gasteiger partial charge in [0.05, 0.1) is 17.8 Å². The molecule has 0 fully saturated rings. The lowest BCUT2D eigenvalue weighted by molar-refractivity contribution is 0.422. The largest absolute Gasteiger partial charge is 0.439 e. The van der Waals surface area contributed by atoms with E-state index in [1.54, 1.807) is 18.3 Å². The third-order valence-corrected chi connectivity index (χ3v) is 3.28. The van der Waals surface area contributed by atoms with Crippen LogP contribution < -0.4 is 5.32 Å². The summed E-state index contributed by atoms with van der Waals surface area (Å²) in [6.07, 6.45) is 2.60. The fourth-order valence-electron chi connectivity index (χ4n) is 1.75. The molecule has 102 valence electrons. The first-order valence-electron chi connectivity index (χ1n) is 6.26. The quantitative estimate of drug-likeness (QED) is 0.889. The van der Waals surface area contributed by atoms with Crippen molar-refractivity contribution >= 4 is 15.9 Å². The highest BCUT2D eigenvalue weighted by molar-refractivity contribution is 9.10. The third kappa shape index (κ3) is 3.42. The summed E-state index contributed by atoms with van der Waals surface area (Å²) >= 11 is 3.23. The highest BCUT2D eigenvalue weighted by Crippen LogP contribution is 2.27. The molecule has 0 saturated carbocycles. The van der Waals surface area contributed by atoms with Crippen molar-refractivity contribution in [2.24, 2.45) is 0 Å². The SMILES string of the molecule is CCCNC(C)c1ncc(-c2ccc(Br)cc2F)o1. The zero-order chi connectivity index (χ0) is 13.8. The van der Waals surface area contributed by atoms with E-state index in [0.29, 0.717) is 21.7 Å². The third-order valence-electron chi connectivity index (χ3n) is 2.79. The molecule has 1 aromatic carbocycles. The number of hydrogen-bond donors (Lipinski definition) is 1. The summed E-state index contributed by atoms with van der Waals surface area (Å²) in [5.41, 5.74) is 0.421. The Kier molecular flexibility index (Phi) is 4.71. The van der Waals surface area contributed by atoms with Crippen LogP contribution in [0.4, 0.5) is 4.39 Å². The molecule has 0 saturated heterocycles. The van der Waals surface area contributed by atoms with Crippen LogP contribution in [0, 0.1) is 5.82 Å². The highest BCUT2D eigenvalue weighted by Gasteiger charge is 2.15. The van der Waals surface area contributed by atoms with Crippen molar-refractivity contribution in [3.05, 3.63) is 40.6 Å². The van der Waals surface area contributed by atoms with Crippen LogP contribution in [0.15, 0.2) is 33.3 Å². The van der Waals surface area contributed by atoms with Gasteiger partial charge in [0.15, 0.2) is 5.76 Å². The lowest BCUT2D eigenvalue weighted by Crippen LogP contribution is -2.19. The number of nitrogens with zero attached hydrogens (tertiary/aromatic N) is 1. The van der Waals surface area contributed by atoms with E-state index in [1.807, 2.05) is 6.92 Å². The molecule has 19 heavy (non-hydrogen) atoms. The first kappa shape index (κ1) is 14.2. The Morgan fingerprint density at radius 3 is 2.95 bits per heavy atom. The first-order chi connectivity index (χ1) is 9.11. The summed E-state index contributed by atoms with van der Waals surface area (Å²) in [7, 11) is 0. The Morgan fingerprint density at radius 2 is 2.26 bits per heavy atom. The number of benzene rings is 1. The Hall–Kier alpha value is -1.20. The van der Waals surface area contributed by atoms with E-state index in [0.717, 1.165) is 13.0 Å². The van der Waals surface area contributed by atoms with Crippen molar-refractivity contribution in [1.82, 2.24) is 10.3 Å². The van der Waals surface area contributed by atoms with Gasteiger partial charge in [0, 0.05) is 4.47 Å². The van der Waals surface area contributed by atoms with Crippen molar-refractivity contribution in [2.75, 3.05) is 6.54 Å². The molecule has 1 atom stereocenters. The Balaban J connectivity index is 2.20. The highest BCUT2D eigenvalue weighted by atomic mass is 79.9. The molecule has 0 aliphatic heterocycles. The molecule has 1 N–H and O–H groups in total. The van der Waals surface area contributed by atoms with Gasteiger partial charge in [-0.05, 0) is 38.1 Å². The van der Waals surface area contributed by atoms with Gasteiger partial charge in [-0.2, -0.15) is 0 Å². The summed E-state index contributed by atoms with van der Waals surface area (Å²) in [5, 5.41) is 3.28. The van der Waals surface area contributed by atoms with Crippen LogP contribution >= 0.6 is 15.9 Å². The Morgan fingerprint density at radius 1 is 1.47 bits per heavy atom. The predicted molar refractivity (Wildman–Crippen MR) is 76.3 cm³/mol. The monoisotopic (exact) mass is 326 g/mol. The summed E-state index contributed by atoms with van der Waals surface area (Å²) in [5.74, 6) is 0.696. The van der Waals surface area contributed by atoms with Gasteiger partial charge < -0.3 is 9.73 Å². The van der Waals surface area contributed by atoms with Gasteiger partial charge in [-0.1, -0.05) is 22.9 Å². The summed E-state index contributed by atoms with van der Waals surface area (Å²) in [6, 6.07) is 4.89. The van der Waals surface area contributed by atoms with Gasteiger partial charge >= 0.3 is 0 Å². The van der Waals surface area contributed by atoms with Gasteiger partial charge in [-0.15, -0.1) is 0 Å². The van der Waals surface area contributed by atoms with Crippen LogP contribution in [0.2, 0.25) is 0 Å². The van der Waals surface area contributed by atoms with Crippen molar-refractivity contribution in [3.63, 3.8) is 0 Å². The molecular formula is C14H16BrFN2O. The van der Waals surface area contributed by atoms with Gasteiger partial charge in [-0.25, -0.2) is 9.37 Å². The molecule has 1 unspecified atom stereocenters.